The first-order valence-electron chi connectivity index (χ1n) is 5.99. The molecule has 0 aliphatic carbocycles. The average Bonchev–Trinajstić information content (AvgIpc) is 2.49. The van der Waals surface area contributed by atoms with Crippen molar-refractivity contribution >= 4 is 28.9 Å². The molecule has 0 spiro atoms. The predicted octanol–water partition coefficient (Wildman–Crippen LogP) is 2.58. The van der Waals surface area contributed by atoms with Crippen LogP contribution in [0, 0.1) is 20.2 Å². The smallest absolute Gasteiger partial charge is 0.305 e. The third-order valence-corrected chi connectivity index (χ3v) is 3.19. The van der Waals surface area contributed by atoms with Crippen molar-refractivity contribution in [3.8, 4) is 0 Å². The minimum absolute atomic E-state index is 0.0718. The van der Waals surface area contributed by atoms with Gasteiger partial charge in [0.15, 0.2) is 0 Å². The van der Waals surface area contributed by atoms with Gasteiger partial charge in [-0.1, -0.05) is 11.6 Å². The van der Waals surface area contributed by atoms with Gasteiger partial charge in [-0.05, 0) is 11.6 Å². The molecule has 0 N–H and O–H groups in total. The van der Waals surface area contributed by atoms with Crippen molar-refractivity contribution in [3.63, 3.8) is 0 Å². The first-order valence-corrected chi connectivity index (χ1v) is 6.36. The van der Waals surface area contributed by atoms with E-state index in [9.17, 15) is 20.2 Å². The fourth-order valence-corrected chi connectivity index (χ4v) is 1.91. The Balaban J connectivity index is 2.21. The van der Waals surface area contributed by atoms with Crippen molar-refractivity contribution in [1.82, 2.24) is 9.97 Å². The Morgan fingerprint density at radius 3 is 2.27 bits per heavy atom. The van der Waals surface area contributed by atoms with E-state index >= 15 is 0 Å². The predicted molar refractivity (Wildman–Crippen MR) is 78.9 cm³/mol. The number of anilines is 1. The summed E-state index contributed by atoms with van der Waals surface area (Å²) in [5.74, 6) is 0.244. The lowest BCUT2D eigenvalue weighted by Crippen LogP contribution is -2.19. The number of rotatable bonds is 5. The fourth-order valence-electron chi connectivity index (χ4n) is 1.73. The van der Waals surface area contributed by atoms with E-state index in [4.69, 9.17) is 11.6 Å². The van der Waals surface area contributed by atoms with Gasteiger partial charge in [0.2, 0.25) is 5.95 Å². The maximum atomic E-state index is 10.8. The molecule has 0 aliphatic heterocycles. The van der Waals surface area contributed by atoms with Crippen LogP contribution in [0.15, 0.2) is 30.6 Å². The van der Waals surface area contributed by atoms with E-state index in [0.29, 0.717) is 10.6 Å². The van der Waals surface area contributed by atoms with Crippen molar-refractivity contribution < 1.29 is 9.85 Å². The van der Waals surface area contributed by atoms with Crippen LogP contribution in [0.1, 0.15) is 5.56 Å². The lowest BCUT2D eigenvalue weighted by Gasteiger charge is -2.17. The van der Waals surface area contributed by atoms with Gasteiger partial charge in [-0.25, -0.2) is 9.97 Å². The molecule has 0 amide bonds. The summed E-state index contributed by atoms with van der Waals surface area (Å²) in [5, 5.41) is 21.7. The summed E-state index contributed by atoms with van der Waals surface area (Å²) in [7, 11) is 1.65. The Hall–Kier alpha value is -2.81. The van der Waals surface area contributed by atoms with Crippen LogP contribution in [0.25, 0.3) is 0 Å². The molecular formula is C12H10ClN5O4. The highest BCUT2D eigenvalue weighted by atomic mass is 35.5. The zero-order chi connectivity index (χ0) is 16.3. The van der Waals surface area contributed by atoms with Gasteiger partial charge in [-0.15, -0.1) is 0 Å². The van der Waals surface area contributed by atoms with Crippen LogP contribution < -0.4 is 4.90 Å². The molecule has 0 bridgehead atoms. The minimum atomic E-state index is -0.596. The maximum Gasteiger partial charge on any atom is 0.305 e. The Kier molecular flexibility index (Phi) is 4.47. The monoisotopic (exact) mass is 323 g/mol. The van der Waals surface area contributed by atoms with E-state index in [1.165, 1.54) is 18.2 Å². The molecule has 0 atom stereocenters. The molecule has 22 heavy (non-hydrogen) atoms. The SMILES string of the molecule is CN(Cc1cc([N+](=O)[O-])ccc1Cl)c1ncc([N+](=O)[O-])cn1. The second-order valence-corrected chi connectivity index (χ2v) is 4.79. The molecule has 1 aromatic heterocycles. The second-order valence-electron chi connectivity index (χ2n) is 4.39. The molecule has 2 aromatic rings. The Morgan fingerprint density at radius 2 is 1.73 bits per heavy atom. The Labute approximate surface area is 129 Å². The van der Waals surface area contributed by atoms with Gasteiger partial charge >= 0.3 is 5.69 Å². The number of hydrogen-bond donors (Lipinski definition) is 0. The highest BCUT2D eigenvalue weighted by Gasteiger charge is 2.14. The number of hydrogen-bond acceptors (Lipinski definition) is 7. The molecule has 114 valence electrons. The van der Waals surface area contributed by atoms with Crippen molar-refractivity contribution in [2.24, 2.45) is 0 Å². The van der Waals surface area contributed by atoms with Gasteiger partial charge in [0.05, 0.1) is 9.85 Å². The molecular weight excluding hydrogens is 314 g/mol. The van der Waals surface area contributed by atoms with Crippen LogP contribution in [0.4, 0.5) is 17.3 Å². The molecule has 0 saturated carbocycles. The molecule has 1 heterocycles. The van der Waals surface area contributed by atoms with Crippen LogP contribution in [0.3, 0.4) is 0 Å². The molecule has 0 radical (unpaired) electrons. The number of halogens is 1. The van der Waals surface area contributed by atoms with Crippen molar-refractivity contribution in [2.45, 2.75) is 6.54 Å². The largest absolute Gasteiger partial charge is 0.339 e. The summed E-state index contributed by atoms with van der Waals surface area (Å²) in [6.45, 7) is 0.221. The van der Waals surface area contributed by atoms with Crippen LogP contribution in [-0.2, 0) is 6.54 Å². The van der Waals surface area contributed by atoms with Crippen molar-refractivity contribution in [1.29, 1.82) is 0 Å². The quantitative estimate of drug-likeness (QED) is 0.613. The third kappa shape index (κ3) is 3.44. The lowest BCUT2D eigenvalue weighted by molar-refractivity contribution is -0.385. The number of nitro benzene ring substituents is 1. The topological polar surface area (TPSA) is 115 Å². The Bertz CT molecular complexity index is 722. The lowest BCUT2D eigenvalue weighted by atomic mass is 10.2. The number of aromatic nitrogens is 2. The van der Waals surface area contributed by atoms with E-state index in [1.54, 1.807) is 11.9 Å². The summed E-state index contributed by atoms with van der Waals surface area (Å²) < 4.78 is 0. The number of non-ortho nitro benzene ring substituents is 1. The molecule has 2 rings (SSSR count). The molecule has 10 heteroatoms. The maximum absolute atomic E-state index is 10.8. The summed E-state index contributed by atoms with van der Waals surface area (Å²) in [6, 6.07) is 4.12. The van der Waals surface area contributed by atoms with Gasteiger partial charge in [-0.3, -0.25) is 20.2 Å². The van der Waals surface area contributed by atoms with Gasteiger partial charge in [-0.2, -0.15) is 0 Å². The minimum Gasteiger partial charge on any atom is -0.339 e. The summed E-state index contributed by atoms with van der Waals surface area (Å²) in [4.78, 5) is 29.6. The number of nitro groups is 2. The van der Waals surface area contributed by atoms with Gasteiger partial charge < -0.3 is 4.90 Å². The van der Waals surface area contributed by atoms with Crippen LogP contribution >= 0.6 is 11.6 Å². The molecule has 0 saturated heterocycles. The second kappa shape index (κ2) is 6.31. The van der Waals surface area contributed by atoms with E-state index in [0.717, 1.165) is 12.4 Å². The molecule has 1 aromatic carbocycles. The third-order valence-electron chi connectivity index (χ3n) is 2.82. The highest BCUT2D eigenvalue weighted by molar-refractivity contribution is 6.31. The van der Waals surface area contributed by atoms with Crippen molar-refractivity contribution in [2.75, 3.05) is 11.9 Å². The molecule has 0 aliphatic rings. The summed E-state index contributed by atoms with van der Waals surface area (Å²) in [5.41, 5.74) is 0.239. The van der Waals surface area contributed by atoms with Gasteiger partial charge in [0, 0.05) is 30.7 Å². The van der Waals surface area contributed by atoms with Gasteiger partial charge in [0.25, 0.3) is 5.69 Å². The summed E-state index contributed by atoms with van der Waals surface area (Å²) >= 11 is 6.02. The zero-order valence-corrected chi connectivity index (χ0v) is 12.1. The molecule has 0 unspecified atom stereocenters. The summed E-state index contributed by atoms with van der Waals surface area (Å²) in [6.07, 6.45) is 2.18. The van der Waals surface area contributed by atoms with E-state index in [-0.39, 0.29) is 23.9 Å². The number of benzene rings is 1. The van der Waals surface area contributed by atoms with Crippen LogP contribution in [-0.4, -0.2) is 26.9 Å². The zero-order valence-electron chi connectivity index (χ0n) is 11.3. The van der Waals surface area contributed by atoms with E-state index in [2.05, 4.69) is 9.97 Å². The number of nitrogens with zero attached hydrogens (tertiary/aromatic N) is 5. The highest BCUT2D eigenvalue weighted by Crippen LogP contribution is 2.24. The standard InChI is InChI=1S/C12H10ClN5O4/c1-16(12-14-5-10(6-15-12)18(21)22)7-8-4-9(17(19)20)2-3-11(8)13/h2-6H,7H2,1H3. The van der Waals surface area contributed by atoms with Gasteiger partial charge in [0.1, 0.15) is 12.4 Å². The first kappa shape index (κ1) is 15.6. The molecule has 0 fully saturated rings. The average molecular weight is 324 g/mol. The first-order chi connectivity index (χ1) is 10.4. The van der Waals surface area contributed by atoms with E-state index < -0.39 is 9.85 Å². The normalized spacial score (nSPS) is 10.3. The van der Waals surface area contributed by atoms with Crippen LogP contribution in [0.2, 0.25) is 5.02 Å². The Morgan fingerprint density at radius 1 is 1.14 bits per heavy atom. The van der Waals surface area contributed by atoms with Crippen molar-refractivity contribution in [3.05, 3.63) is 61.4 Å². The van der Waals surface area contributed by atoms with Crippen LogP contribution in [0.5, 0.6) is 0 Å². The fraction of sp³-hybridized carbons (Fsp3) is 0.167. The molecule has 9 nitrogen and oxygen atoms in total. The van der Waals surface area contributed by atoms with E-state index in [1.807, 2.05) is 0 Å².